The molecule has 2 fully saturated rings. The number of aromatic nitrogens is 4. The molecule has 3 aromatic rings. The molecule has 3 aliphatic heterocycles. The standard InChI is InChI=1S/C26H26F3N7O4/c1-25(2)39-14-19(40-25)13-38-21-9-17(10-31-34-21)32-24(37)36-18-6-7-35(12-18)20-11-30-22(33-23(20)36)15-4-3-5-16(8-15)26(27,28)29/h3-5,8-11,18-19H,6-7,12-14H2,1-2H3,(H,32,34,37)/t18-,19+/m0/s1. The highest BCUT2D eigenvalue weighted by molar-refractivity contribution is 6.04. The summed E-state index contributed by atoms with van der Waals surface area (Å²) in [6.07, 6.45) is -1.13. The summed E-state index contributed by atoms with van der Waals surface area (Å²) in [6.45, 7) is 5.51. The SMILES string of the molecule is CC1(C)OC[C@@H](COc2cc(NC(=O)N3c4nc(-c5cccc(C(F)(F)F)c5)ncc4N4CC[C@H]3C4)cnn2)O1. The van der Waals surface area contributed by atoms with Gasteiger partial charge in [0.25, 0.3) is 0 Å². The van der Waals surface area contributed by atoms with Crippen LogP contribution in [-0.2, 0) is 15.7 Å². The van der Waals surface area contributed by atoms with Crippen LogP contribution in [0.25, 0.3) is 11.4 Å². The average molecular weight is 558 g/mol. The Morgan fingerprint density at radius 3 is 2.88 bits per heavy atom. The Hall–Kier alpha value is -4.04. The number of amides is 2. The first-order valence-electron chi connectivity index (χ1n) is 12.7. The quantitative estimate of drug-likeness (QED) is 0.495. The van der Waals surface area contributed by atoms with Gasteiger partial charge in [-0.1, -0.05) is 12.1 Å². The summed E-state index contributed by atoms with van der Waals surface area (Å²) in [5.41, 5.74) is 0.390. The number of fused-ring (bicyclic) bond motifs is 4. The zero-order valence-corrected chi connectivity index (χ0v) is 21.7. The second-order valence-electron chi connectivity index (χ2n) is 10.2. The Labute approximate surface area is 227 Å². The highest BCUT2D eigenvalue weighted by Crippen LogP contribution is 2.40. The van der Waals surface area contributed by atoms with E-state index in [0.717, 1.165) is 12.1 Å². The normalized spacial score (nSPS) is 21.3. The number of benzene rings is 1. The molecule has 6 rings (SSSR count). The molecular weight excluding hydrogens is 531 g/mol. The first kappa shape index (κ1) is 26.2. The molecule has 11 nitrogen and oxygen atoms in total. The first-order chi connectivity index (χ1) is 19.1. The van der Waals surface area contributed by atoms with Crippen LogP contribution in [0.1, 0.15) is 25.8 Å². The van der Waals surface area contributed by atoms with Crippen molar-refractivity contribution in [3.8, 4) is 17.3 Å². The Morgan fingerprint density at radius 1 is 1.25 bits per heavy atom. The van der Waals surface area contributed by atoms with Crippen molar-refractivity contribution in [2.24, 2.45) is 0 Å². The maximum absolute atomic E-state index is 13.6. The minimum atomic E-state index is -4.50. The minimum Gasteiger partial charge on any atom is -0.474 e. The molecule has 0 radical (unpaired) electrons. The van der Waals surface area contributed by atoms with Crippen molar-refractivity contribution in [2.45, 2.75) is 44.4 Å². The van der Waals surface area contributed by atoms with Crippen LogP contribution < -0.4 is 19.9 Å². The molecule has 0 aliphatic carbocycles. The number of alkyl halides is 3. The van der Waals surface area contributed by atoms with Crippen molar-refractivity contribution >= 4 is 23.2 Å². The average Bonchev–Trinajstić information content (AvgIpc) is 3.50. The van der Waals surface area contributed by atoms with E-state index >= 15 is 0 Å². The lowest BCUT2D eigenvalue weighted by Crippen LogP contribution is -2.48. The van der Waals surface area contributed by atoms with Crippen LogP contribution in [0.15, 0.2) is 42.7 Å². The number of urea groups is 1. The molecule has 14 heteroatoms. The summed E-state index contributed by atoms with van der Waals surface area (Å²) < 4.78 is 56.8. The molecule has 2 amide bonds. The molecular formula is C26H26F3N7O4. The Kier molecular flexibility index (Phi) is 6.45. The number of halogens is 3. The van der Waals surface area contributed by atoms with E-state index in [1.807, 2.05) is 13.8 Å². The lowest BCUT2D eigenvalue weighted by atomic mass is 10.1. The predicted octanol–water partition coefficient (Wildman–Crippen LogP) is 4.11. The summed E-state index contributed by atoms with van der Waals surface area (Å²) in [5, 5.41) is 10.7. The minimum absolute atomic E-state index is 0.0905. The van der Waals surface area contributed by atoms with Gasteiger partial charge in [0, 0.05) is 24.7 Å². The van der Waals surface area contributed by atoms with Crippen molar-refractivity contribution in [3.63, 3.8) is 0 Å². The van der Waals surface area contributed by atoms with Crippen molar-refractivity contribution in [1.29, 1.82) is 0 Å². The van der Waals surface area contributed by atoms with Crippen LogP contribution in [0.2, 0.25) is 0 Å². The lowest BCUT2D eigenvalue weighted by molar-refractivity contribution is -0.141. The van der Waals surface area contributed by atoms with Gasteiger partial charge in [-0.15, -0.1) is 5.10 Å². The van der Waals surface area contributed by atoms with E-state index in [9.17, 15) is 18.0 Å². The molecule has 1 aromatic carbocycles. The number of carbonyl (C=O) groups excluding carboxylic acids is 1. The number of carbonyl (C=O) groups is 1. The molecule has 0 unspecified atom stereocenters. The fourth-order valence-corrected chi connectivity index (χ4v) is 5.04. The monoisotopic (exact) mass is 557 g/mol. The molecule has 2 atom stereocenters. The van der Waals surface area contributed by atoms with Gasteiger partial charge in [0.05, 0.1) is 42.0 Å². The van der Waals surface area contributed by atoms with Gasteiger partial charge in [-0.25, -0.2) is 14.8 Å². The van der Waals surface area contributed by atoms with E-state index in [1.54, 1.807) is 12.3 Å². The Balaban J connectivity index is 1.22. The van der Waals surface area contributed by atoms with E-state index in [0.29, 0.717) is 43.3 Å². The van der Waals surface area contributed by atoms with E-state index in [-0.39, 0.29) is 36.0 Å². The van der Waals surface area contributed by atoms with Crippen molar-refractivity contribution in [1.82, 2.24) is 20.2 Å². The van der Waals surface area contributed by atoms with Crippen molar-refractivity contribution in [3.05, 3.63) is 48.3 Å². The summed E-state index contributed by atoms with van der Waals surface area (Å²) in [4.78, 5) is 26.0. The van der Waals surface area contributed by atoms with Crippen LogP contribution in [0, 0.1) is 0 Å². The topological polar surface area (TPSA) is 115 Å². The fraction of sp³-hybridized carbons (Fsp3) is 0.423. The van der Waals surface area contributed by atoms with Gasteiger partial charge in [-0.2, -0.15) is 18.3 Å². The van der Waals surface area contributed by atoms with Gasteiger partial charge in [0.1, 0.15) is 12.7 Å². The summed E-state index contributed by atoms with van der Waals surface area (Å²) in [6, 6.07) is 5.71. The smallest absolute Gasteiger partial charge is 0.416 e. The van der Waals surface area contributed by atoms with Gasteiger partial charge in [-0.05, 0) is 32.4 Å². The molecule has 0 spiro atoms. The molecule has 5 heterocycles. The molecule has 0 saturated carbocycles. The van der Waals surface area contributed by atoms with E-state index in [2.05, 4.69) is 30.4 Å². The van der Waals surface area contributed by atoms with Crippen LogP contribution >= 0.6 is 0 Å². The van der Waals surface area contributed by atoms with Gasteiger partial charge in [0.2, 0.25) is 5.88 Å². The molecule has 2 saturated heterocycles. The van der Waals surface area contributed by atoms with Crippen molar-refractivity contribution in [2.75, 3.05) is 41.4 Å². The van der Waals surface area contributed by atoms with Crippen LogP contribution in [0.4, 0.5) is 35.2 Å². The zero-order valence-electron chi connectivity index (χ0n) is 21.7. The fourth-order valence-electron chi connectivity index (χ4n) is 5.04. The molecule has 2 aromatic heterocycles. The van der Waals surface area contributed by atoms with Gasteiger partial charge < -0.3 is 24.4 Å². The van der Waals surface area contributed by atoms with Gasteiger partial charge in [0.15, 0.2) is 17.4 Å². The van der Waals surface area contributed by atoms with Crippen LogP contribution in [0.3, 0.4) is 0 Å². The van der Waals surface area contributed by atoms with E-state index in [1.165, 1.54) is 23.2 Å². The Morgan fingerprint density at radius 2 is 2.10 bits per heavy atom. The number of ether oxygens (including phenoxy) is 3. The number of rotatable bonds is 5. The highest BCUT2D eigenvalue weighted by Gasteiger charge is 2.41. The number of nitrogens with zero attached hydrogens (tertiary/aromatic N) is 6. The number of hydrogen-bond donors (Lipinski definition) is 1. The van der Waals surface area contributed by atoms with E-state index in [4.69, 9.17) is 14.2 Å². The summed E-state index contributed by atoms with van der Waals surface area (Å²) in [5.74, 6) is -0.0622. The molecule has 3 aliphatic rings. The highest BCUT2D eigenvalue weighted by atomic mass is 19.4. The molecule has 1 N–H and O–H groups in total. The summed E-state index contributed by atoms with van der Waals surface area (Å²) in [7, 11) is 0. The first-order valence-corrected chi connectivity index (χ1v) is 12.7. The van der Waals surface area contributed by atoms with Crippen molar-refractivity contribution < 1.29 is 32.2 Å². The number of hydrogen-bond acceptors (Lipinski definition) is 9. The third-order valence-corrected chi connectivity index (χ3v) is 6.88. The molecule has 40 heavy (non-hydrogen) atoms. The third-order valence-electron chi connectivity index (χ3n) is 6.88. The third kappa shape index (κ3) is 5.23. The van der Waals surface area contributed by atoms with Gasteiger partial charge in [-0.3, -0.25) is 4.90 Å². The molecule has 210 valence electrons. The van der Waals surface area contributed by atoms with E-state index < -0.39 is 23.6 Å². The second-order valence-corrected chi connectivity index (χ2v) is 10.2. The molecule has 2 bridgehead atoms. The van der Waals surface area contributed by atoms with Crippen LogP contribution in [0.5, 0.6) is 5.88 Å². The van der Waals surface area contributed by atoms with Crippen LogP contribution in [-0.4, -0.2) is 70.4 Å². The predicted molar refractivity (Wildman–Crippen MR) is 137 cm³/mol. The van der Waals surface area contributed by atoms with Gasteiger partial charge >= 0.3 is 12.2 Å². The zero-order chi connectivity index (χ0) is 28.1. The second kappa shape index (κ2) is 9.86. The maximum Gasteiger partial charge on any atom is 0.416 e. The maximum atomic E-state index is 13.6. The summed E-state index contributed by atoms with van der Waals surface area (Å²) >= 11 is 0. The number of nitrogens with one attached hydrogen (secondary N) is 1. The largest absolute Gasteiger partial charge is 0.474 e. The Bertz CT molecular complexity index is 1440. The lowest BCUT2D eigenvalue weighted by Gasteiger charge is -2.35. The number of anilines is 3.